The molecule has 1 amide bonds. The van der Waals surface area contributed by atoms with Gasteiger partial charge in [-0.2, -0.15) is 13.2 Å². The van der Waals surface area contributed by atoms with Gasteiger partial charge in [0.2, 0.25) is 5.91 Å². The van der Waals surface area contributed by atoms with Gasteiger partial charge in [-0.25, -0.2) is 4.79 Å². The van der Waals surface area contributed by atoms with Crippen molar-refractivity contribution >= 4 is 17.4 Å². The highest BCUT2D eigenvalue weighted by molar-refractivity contribution is 5.97. The van der Waals surface area contributed by atoms with E-state index in [1.807, 2.05) is 0 Å². The van der Waals surface area contributed by atoms with E-state index in [4.69, 9.17) is 9.84 Å². The molecule has 0 aliphatic carbocycles. The summed E-state index contributed by atoms with van der Waals surface area (Å²) in [6.07, 6.45) is -3.32. The average Bonchev–Trinajstić information content (AvgIpc) is 2.54. The number of allylic oxidation sites excluding steroid dienone is 1. The molecule has 1 saturated heterocycles. The molecule has 1 N–H and O–H groups in total. The molecule has 0 aromatic heterocycles. The van der Waals surface area contributed by atoms with E-state index in [0.29, 0.717) is 5.57 Å². The molecule has 1 aliphatic heterocycles. The van der Waals surface area contributed by atoms with Gasteiger partial charge in [0.15, 0.2) is 6.04 Å². The standard InChI is InChI=1S/C16H16F3NO4/c1-10(11-3-2-4-12(8-11)16(17,18)19)7-14(21)20-5-6-24-9-13(20)15(22)23/h2-4,7-8,13H,5-6,9H2,1H3,(H,22,23)/b10-7-. The van der Waals surface area contributed by atoms with Crippen molar-refractivity contribution in [3.05, 3.63) is 41.5 Å². The van der Waals surface area contributed by atoms with Crippen LogP contribution in [0.4, 0.5) is 13.2 Å². The van der Waals surface area contributed by atoms with E-state index in [0.717, 1.165) is 23.1 Å². The smallest absolute Gasteiger partial charge is 0.416 e. The third-order valence-electron chi connectivity index (χ3n) is 3.68. The molecule has 1 aromatic rings. The third-order valence-corrected chi connectivity index (χ3v) is 3.68. The van der Waals surface area contributed by atoms with Crippen LogP contribution in [-0.2, 0) is 20.5 Å². The Balaban J connectivity index is 2.23. The summed E-state index contributed by atoms with van der Waals surface area (Å²) in [4.78, 5) is 24.6. The van der Waals surface area contributed by atoms with Gasteiger partial charge in [0.1, 0.15) is 0 Å². The zero-order valence-electron chi connectivity index (χ0n) is 12.8. The second-order valence-electron chi connectivity index (χ2n) is 5.37. The Morgan fingerprint density at radius 2 is 2.08 bits per heavy atom. The summed E-state index contributed by atoms with van der Waals surface area (Å²) in [6.45, 7) is 1.72. The highest BCUT2D eigenvalue weighted by Crippen LogP contribution is 2.31. The molecule has 1 aromatic carbocycles. The van der Waals surface area contributed by atoms with Crippen molar-refractivity contribution in [2.24, 2.45) is 0 Å². The molecule has 1 fully saturated rings. The number of carbonyl (C=O) groups is 2. The van der Waals surface area contributed by atoms with Crippen molar-refractivity contribution < 1.29 is 32.6 Å². The lowest BCUT2D eigenvalue weighted by Gasteiger charge is -2.32. The maximum Gasteiger partial charge on any atom is 0.416 e. The van der Waals surface area contributed by atoms with Crippen LogP contribution in [0.1, 0.15) is 18.1 Å². The molecule has 2 rings (SSSR count). The van der Waals surface area contributed by atoms with E-state index in [2.05, 4.69) is 0 Å². The number of hydrogen-bond donors (Lipinski definition) is 1. The molecule has 1 aliphatic rings. The Hall–Kier alpha value is -2.35. The van der Waals surface area contributed by atoms with Gasteiger partial charge in [-0.05, 0) is 30.2 Å². The van der Waals surface area contributed by atoms with E-state index in [9.17, 15) is 22.8 Å². The van der Waals surface area contributed by atoms with Crippen molar-refractivity contribution in [2.45, 2.75) is 19.1 Å². The zero-order chi connectivity index (χ0) is 17.9. The fraction of sp³-hybridized carbons (Fsp3) is 0.375. The van der Waals surface area contributed by atoms with Crippen LogP contribution in [0.5, 0.6) is 0 Å². The number of aliphatic carboxylic acids is 1. The van der Waals surface area contributed by atoms with E-state index in [-0.39, 0.29) is 25.3 Å². The van der Waals surface area contributed by atoms with Crippen LogP contribution < -0.4 is 0 Å². The van der Waals surface area contributed by atoms with Crippen molar-refractivity contribution in [3.8, 4) is 0 Å². The first-order chi connectivity index (χ1) is 11.2. The van der Waals surface area contributed by atoms with Crippen LogP contribution in [0, 0.1) is 0 Å². The molecule has 1 atom stereocenters. The van der Waals surface area contributed by atoms with Gasteiger partial charge in [0.05, 0.1) is 18.8 Å². The molecule has 0 spiro atoms. The first-order valence-corrected chi connectivity index (χ1v) is 7.17. The summed E-state index contributed by atoms with van der Waals surface area (Å²) in [5.41, 5.74) is -0.241. The second-order valence-corrected chi connectivity index (χ2v) is 5.37. The minimum atomic E-state index is -4.47. The average molecular weight is 343 g/mol. The predicted octanol–water partition coefficient (Wildman–Crippen LogP) is 2.42. The largest absolute Gasteiger partial charge is 0.480 e. The van der Waals surface area contributed by atoms with Gasteiger partial charge in [-0.15, -0.1) is 0 Å². The van der Waals surface area contributed by atoms with Gasteiger partial charge >= 0.3 is 12.1 Å². The summed E-state index contributed by atoms with van der Waals surface area (Å²) in [5, 5.41) is 9.12. The first kappa shape index (κ1) is 18.0. The number of morpholine rings is 1. The lowest BCUT2D eigenvalue weighted by molar-refractivity contribution is -0.156. The molecule has 1 heterocycles. The number of hydrogen-bond acceptors (Lipinski definition) is 3. The Bertz CT molecular complexity index is 670. The monoisotopic (exact) mass is 343 g/mol. The van der Waals surface area contributed by atoms with Crippen molar-refractivity contribution in [3.63, 3.8) is 0 Å². The molecule has 8 heteroatoms. The van der Waals surface area contributed by atoms with Crippen LogP contribution >= 0.6 is 0 Å². The summed E-state index contributed by atoms with van der Waals surface area (Å²) >= 11 is 0. The topological polar surface area (TPSA) is 66.8 Å². The number of carboxylic acid groups (broad SMARTS) is 1. The molecule has 0 bridgehead atoms. The van der Waals surface area contributed by atoms with Crippen LogP contribution in [-0.4, -0.2) is 47.7 Å². The lowest BCUT2D eigenvalue weighted by atomic mass is 10.0. The maximum atomic E-state index is 12.8. The van der Waals surface area contributed by atoms with Gasteiger partial charge < -0.3 is 14.7 Å². The number of amides is 1. The van der Waals surface area contributed by atoms with E-state index in [1.54, 1.807) is 0 Å². The predicted molar refractivity (Wildman–Crippen MR) is 79.1 cm³/mol. The number of carbonyl (C=O) groups excluding carboxylic acids is 1. The number of benzene rings is 1. The lowest BCUT2D eigenvalue weighted by Crippen LogP contribution is -2.52. The second kappa shape index (κ2) is 7.04. The summed E-state index contributed by atoms with van der Waals surface area (Å²) < 4.78 is 43.3. The number of carboxylic acids is 1. The fourth-order valence-corrected chi connectivity index (χ4v) is 2.36. The molecule has 130 valence electrons. The molecular weight excluding hydrogens is 327 g/mol. The Kier molecular flexibility index (Phi) is 5.28. The van der Waals surface area contributed by atoms with Gasteiger partial charge in [0.25, 0.3) is 0 Å². The van der Waals surface area contributed by atoms with Crippen LogP contribution in [0.2, 0.25) is 0 Å². The highest BCUT2D eigenvalue weighted by Gasteiger charge is 2.32. The number of ether oxygens (including phenoxy) is 1. The number of halogens is 3. The minimum absolute atomic E-state index is 0.113. The van der Waals surface area contributed by atoms with Crippen LogP contribution in [0.15, 0.2) is 30.3 Å². The van der Waals surface area contributed by atoms with Gasteiger partial charge in [-0.1, -0.05) is 12.1 Å². The van der Waals surface area contributed by atoms with E-state index in [1.165, 1.54) is 19.1 Å². The van der Waals surface area contributed by atoms with Gasteiger partial charge in [0, 0.05) is 12.6 Å². The van der Waals surface area contributed by atoms with Crippen molar-refractivity contribution in [1.29, 1.82) is 0 Å². The SMILES string of the molecule is C/C(=C/C(=O)N1CCOCC1C(=O)O)c1cccc(C(F)(F)F)c1. The summed E-state index contributed by atoms with van der Waals surface area (Å²) in [6, 6.07) is 3.52. The Labute approximate surface area is 136 Å². The molecule has 0 saturated carbocycles. The van der Waals surface area contributed by atoms with Crippen molar-refractivity contribution in [2.75, 3.05) is 19.8 Å². The molecule has 24 heavy (non-hydrogen) atoms. The quantitative estimate of drug-likeness (QED) is 0.856. The molecule has 1 unspecified atom stereocenters. The number of nitrogens with zero attached hydrogens (tertiary/aromatic N) is 1. The number of alkyl halides is 3. The molecular formula is C16H16F3NO4. The Morgan fingerprint density at radius 1 is 1.38 bits per heavy atom. The minimum Gasteiger partial charge on any atom is -0.480 e. The van der Waals surface area contributed by atoms with Crippen molar-refractivity contribution in [1.82, 2.24) is 4.90 Å². The van der Waals surface area contributed by atoms with Crippen LogP contribution in [0.25, 0.3) is 5.57 Å². The molecule has 5 nitrogen and oxygen atoms in total. The van der Waals surface area contributed by atoms with E-state index >= 15 is 0 Å². The fourth-order valence-electron chi connectivity index (χ4n) is 2.36. The summed E-state index contributed by atoms with van der Waals surface area (Å²) in [5.74, 6) is -1.76. The maximum absolute atomic E-state index is 12.8. The first-order valence-electron chi connectivity index (χ1n) is 7.17. The highest BCUT2D eigenvalue weighted by atomic mass is 19.4. The van der Waals surface area contributed by atoms with E-state index < -0.39 is 29.7 Å². The van der Waals surface area contributed by atoms with Gasteiger partial charge in [-0.3, -0.25) is 4.79 Å². The summed E-state index contributed by atoms with van der Waals surface area (Å²) in [7, 11) is 0. The third kappa shape index (κ3) is 4.14. The Morgan fingerprint density at radius 3 is 2.71 bits per heavy atom. The normalized spacial score (nSPS) is 19.2. The zero-order valence-corrected chi connectivity index (χ0v) is 12.8. The van der Waals surface area contributed by atoms with Crippen LogP contribution in [0.3, 0.4) is 0 Å². The molecule has 0 radical (unpaired) electrons. The number of rotatable bonds is 3.